The monoisotopic (exact) mass is 492 g/mol. The van der Waals surface area contributed by atoms with Gasteiger partial charge in [-0.2, -0.15) is 5.10 Å². The van der Waals surface area contributed by atoms with E-state index in [1.165, 1.54) is 4.90 Å². The predicted molar refractivity (Wildman–Crippen MR) is 136 cm³/mol. The molecule has 1 aliphatic rings. The van der Waals surface area contributed by atoms with Crippen LogP contribution in [0.2, 0.25) is 0 Å². The average Bonchev–Trinajstić information content (AvgIpc) is 3.21. The number of piperazine rings is 1. The van der Waals surface area contributed by atoms with Gasteiger partial charge < -0.3 is 14.9 Å². The molecular weight excluding hydrogens is 464 g/mol. The fourth-order valence-electron chi connectivity index (χ4n) is 4.71. The predicted octanol–water partition coefficient (Wildman–Crippen LogP) is 4.48. The molecule has 9 heteroatoms. The molecule has 0 aliphatic carbocycles. The largest absolute Gasteiger partial charge is 0.465 e. The van der Waals surface area contributed by atoms with Crippen LogP contribution in [0.1, 0.15) is 13.8 Å². The molecule has 4 aromatic rings. The summed E-state index contributed by atoms with van der Waals surface area (Å²) in [5, 5.41) is 16.0. The highest BCUT2D eigenvalue weighted by molar-refractivity contribution is 7.91. The number of carboxylic acid groups (broad SMARTS) is 1. The second kappa shape index (κ2) is 8.88. The normalized spacial score (nSPS) is 14.8. The molecule has 1 aromatic heterocycles. The van der Waals surface area contributed by atoms with Gasteiger partial charge in [-0.1, -0.05) is 50.2 Å². The SMILES string of the molecule is CC(C)Cn1nc(S(=O)(=O)c2cccc3ccccc23)c2cc(N3CCN(C(=O)O)CC3)ccc21. The number of hydrogen-bond acceptors (Lipinski definition) is 5. The molecule has 0 spiro atoms. The van der Waals surface area contributed by atoms with Gasteiger partial charge in [0.05, 0.1) is 10.4 Å². The Labute approximate surface area is 204 Å². The van der Waals surface area contributed by atoms with Crippen LogP contribution in [0.15, 0.2) is 70.6 Å². The summed E-state index contributed by atoms with van der Waals surface area (Å²) < 4.78 is 29.8. The Morgan fingerprint density at radius 3 is 2.40 bits per heavy atom. The smallest absolute Gasteiger partial charge is 0.407 e. The molecule has 1 N–H and O–H groups in total. The van der Waals surface area contributed by atoms with E-state index < -0.39 is 15.9 Å². The minimum absolute atomic E-state index is 0.0514. The van der Waals surface area contributed by atoms with Crippen molar-refractivity contribution in [3.63, 3.8) is 0 Å². The van der Waals surface area contributed by atoms with Crippen molar-refractivity contribution >= 4 is 43.3 Å². The number of anilines is 1. The van der Waals surface area contributed by atoms with E-state index in [1.54, 1.807) is 16.8 Å². The van der Waals surface area contributed by atoms with Crippen LogP contribution in [0.5, 0.6) is 0 Å². The molecule has 35 heavy (non-hydrogen) atoms. The number of carbonyl (C=O) groups is 1. The van der Waals surface area contributed by atoms with Crippen molar-refractivity contribution < 1.29 is 18.3 Å². The van der Waals surface area contributed by atoms with E-state index in [9.17, 15) is 18.3 Å². The van der Waals surface area contributed by atoms with Gasteiger partial charge in [-0.05, 0) is 35.6 Å². The van der Waals surface area contributed by atoms with Crippen LogP contribution >= 0.6 is 0 Å². The second-order valence-corrected chi connectivity index (χ2v) is 11.2. The third kappa shape index (κ3) is 4.20. The molecule has 182 valence electrons. The molecule has 0 radical (unpaired) electrons. The Hall–Kier alpha value is -3.59. The quantitative estimate of drug-likeness (QED) is 0.441. The molecule has 0 saturated carbocycles. The molecule has 2 heterocycles. The van der Waals surface area contributed by atoms with Crippen molar-refractivity contribution in [3.8, 4) is 0 Å². The van der Waals surface area contributed by atoms with Crippen LogP contribution in [0.25, 0.3) is 21.7 Å². The Bertz CT molecular complexity index is 1510. The van der Waals surface area contributed by atoms with Crippen molar-refractivity contribution in [3.05, 3.63) is 60.7 Å². The third-order valence-corrected chi connectivity index (χ3v) is 8.19. The number of rotatable bonds is 5. The molecule has 0 unspecified atom stereocenters. The van der Waals surface area contributed by atoms with E-state index in [4.69, 9.17) is 0 Å². The van der Waals surface area contributed by atoms with E-state index >= 15 is 0 Å². The maximum Gasteiger partial charge on any atom is 0.407 e. The summed E-state index contributed by atoms with van der Waals surface area (Å²) in [5.74, 6) is 0.287. The fourth-order valence-corrected chi connectivity index (χ4v) is 6.31. The van der Waals surface area contributed by atoms with E-state index in [1.807, 2.05) is 48.5 Å². The molecule has 0 bridgehead atoms. The highest BCUT2D eigenvalue weighted by Gasteiger charge is 2.28. The molecule has 0 atom stereocenters. The molecule has 3 aromatic carbocycles. The molecule has 1 fully saturated rings. The van der Waals surface area contributed by atoms with Gasteiger partial charge in [-0.3, -0.25) is 4.68 Å². The van der Waals surface area contributed by atoms with E-state index in [0.717, 1.165) is 16.6 Å². The van der Waals surface area contributed by atoms with Gasteiger partial charge in [0.2, 0.25) is 9.84 Å². The van der Waals surface area contributed by atoms with Crippen LogP contribution in [-0.2, 0) is 16.4 Å². The topological polar surface area (TPSA) is 95.7 Å². The van der Waals surface area contributed by atoms with Crippen molar-refractivity contribution in [2.75, 3.05) is 31.1 Å². The van der Waals surface area contributed by atoms with Gasteiger partial charge in [0.1, 0.15) is 0 Å². The minimum atomic E-state index is -3.91. The summed E-state index contributed by atoms with van der Waals surface area (Å²) in [5.41, 5.74) is 1.63. The molecular formula is C26H28N4O4S. The van der Waals surface area contributed by atoms with Crippen LogP contribution < -0.4 is 4.90 Å². The lowest BCUT2D eigenvalue weighted by atomic mass is 10.1. The number of sulfone groups is 1. The van der Waals surface area contributed by atoms with Crippen molar-refractivity contribution in [2.24, 2.45) is 5.92 Å². The first-order valence-corrected chi connectivity index (χ1v) is 13.2. The second-order valence-electron chi connectivity index (χ2n) is 9.32. The van der Waals surface area contributed by atoms with Crippen LogP contribution in [0.4, 0.5) is 10.5 Å². The molecule has 1 aliphatic heterocycles. The Morgan fingerprint density at radius 1 is 0.971 bits per heavy atom. The van der Waals surface area contributed by atoms with Crippen molar-refractivity contribution in [2.45, 2.75) is 30.3 Å². The van der Waals surface area contributed by atoms with E-state index in [0.29, 0.717) is 43.5 Å². The summed E-state index contributed by atoms with van der Waals surface area (Å²) in [7, 11) is -3.91. The van der Waals surface area contributed by atoms with Gasteiger partial charge in [0.15, 0.2) is 5.03 Å². The standard InChI is InChI=1S/C26H28N4O4S/c1-18(2)17-30-23-11-10-20(28-12-14-29(15-13-28)26(31)32)16-22(23)25(27-30)35(33,34)24-9-5-7-19-6-3-4-8-21(19)24/h3-11,16,18H,12-15,17H2,1-2H3,(H,31,32). The number of aromatic nitrogens is 2. The zero-order chi connectivity index (χ0) is 24.7. The number of nitrogens with zero attached hydrogens (tertiary/aromatic N) is 4. The lowest BCUT2D eigenvalue weighted by Crippen LogP contribution is -2.48. The van der Waals surface area contributed by atoms with Crippen LogP contribution in [0, 0.1) is 5.92 Å². The fraction of sp³-hybridized carbons (Fsp3) is 0.308. The van der Waals surface area contributed by atoms with E-state index in [-0.39, 0.29) is 15.8 Å². The first-order chi connectivity index (χ1) is 16.8. The van der Waals surface area contributed by atoms with Gasteiger partial charge in [0, 0.05) is 49.2 Å². The van der Waals surface area contributed by atoms with Gasteiger partial charge in [-0.15, -0.1) is 0 Å². The van der Waals surface area contributed by atoms with Crippen LogP contribution in [0.3, 0.4) is 0 Å². The van der Waals surface area contributed by atoms with Gasteiger partial charge >= 0.3 is 6.09 Å². The number of amides is 1. The summed E-state index contributed by atoms with van der Waals surface area (Å²) in [6, 6.07) is 18.5. The third-order valence-electron chi connectivity index (χ3n) is 6.45. The number of fused-ring (bicyclic) bond motifs is 2. The summed E-state index contributed by atoms with van der Waals surface area (Å²) in [6.45, 7) is 6.64. The molecule has 8 nitrogen and oxygen atoms in total. The highest BCUT2D eigenvalue weighted by atomic mass is 32.2. The summed E-state index contributed by atoms with van der Waals surface area (Å²) in [4.78, 5) is 15.0. The molecule has 1 saturated heterocycles. The Balaban J connectivity index is 1.64. The van der Waals surface area contributed by atoms with E-state index in [2.05, 4.69) is 23.8 Å². The summed E-state index contributed by atoms with van der Waals surface area (Å²) >= 11 is 0. The maximum absolute atomic E-state index is 14.0. The van der Waals surface area contributed by atoms with Gasteiger partial charge in [0.25, 0.3) is 0 Å². The lowest BCUT2D eigenvalue weighted by Gasteiger charge is -2.34. The summed E-state index contributed by atoms with van der Waals surface area (Å²) in [6.07, 6.45) is -0.918. The maximum atomic E-state index is 14.0. The number of benzene rings is 3. The first-order valence-electron chi connectivity index (χ1n) is 11.7. The minimum Gasteiger partial charge on any atom is -0.465 e. The van der Waals surface area contributed by atoms with Crippen molar-refractivity contribution in [1.82, 2.24) is 14.7 Å². The lowest BCUT2D eigenvalue weighted by molar-refractivity contribution is 0.142. The molecule has 5 rings (SSSR count). The Morgan fingerprint density at radius 2 is 1.69 bits per heavy atom. The van der Waals surface area contributed by atoms with Crippen LogP contribution in [-0.4, -0.2) is 60.5 Å². The number of hydrogen-bond donors (Lipinski definition) is 1. The average molecular weight is 493 g/mol. The van der Waals surface area contributed by atoms with Crippen molar-refractivity contribution in [1.29, 1.82) is 0 Å². The zero-order valence-corrected chi connectivity index (χ0v) is 20.6. The highest BCUT2D eigenvalue weighted by Crippen LogP contribution is 2.34. The van der Waals surface area contributed by atoms with Gasteiger partial charge in [-0.25, -0.2) is 13.2 Å². The Kier molecular flexibility index (Phi) is 5.88. The first kappa shape index (κ1) is 23.2. The zero-order valence-electron chi connectivity index (χ0n) is 19.8. The molecule has 1 amide bonds.